The van der Waals surface area contributed by atoms with Crippen LogP contribution in [-0.4, -0.2) is 42.2 Å². The zero-order valence-corrected chi connectivity index (χ0v) is 22.5. The molecule has 1 atom stereocenters. The maximum atomic E-state index is 12.9. The third kappa shape index (κ3) is 6.41. The van der Waals surface area contributed by atoms with E-state index in [1.54, 1.807) is 18.2 Å². The molecule has 9 nitrogen and oxygen atoms in total. The van der Waals surface area contributed by atoms with E-state index < -0.39 is 32.0 Å². The van der Waals surface area contributed by atoms with E-state index in [0.29, 0.717) is 5.75 Å². The van der Waals surface area contributed by atoms with E-state index in [-0.39, 0.29) is 32.0 Å². The third-order valence-corrected chi connectivity index (χ3v) is 8.49. The second-order valence-corrected chi connectivity index (χ2v) is 12.0. The largest absolute Gasteiger partial charge is 0.497 e. The number of sulfonamides is 2. The monoisotopic (exact) mass is 571 g/mol. The Balaban J connectivity index is 1.77. The average Bonchev–Trinajstić information content (AvgIpc) is 2.82. The molecule has 0 aromatic heterocycles. The molecule has 13 heteroatoms. The lowest BCUT2D eigenvalue weighted by Gasteiger charge is -2.28. The van der Waals surface area contributed by atoms with Gasteiger partial charge in [-0.1, -0.05) is 29.3 Å². The van der Waals surface area contributed by atoms with E-state index in [4.69, 9.17) is 27.9 Å². The lowest BCUT2D eigenvalue weighted by molar-refractivity contribution is -0.116. The van der Waals surface area contributed by atoms with Gasteiger partial charge in [-0.3, -0.25) is 13.8 Å². The second kappa shape index (κ2) is 11.0. The van der Waals surface area contributed by atoms with E-state index >= 15 is 0 Å². The number of ether oxygens (including phenoxy) is 1. The van der Waals surface area contributed by atoms with Crippen LogP contribution in [0.3, 0.4) is 0 Å². The number of halogens is 2. The summed E-state index contributed by atoms with van der Waals surface area (Å²) < 4.78 is 58.8. The summed E-state index contributed by atoms with van der Waals surface area (Å²) in [5.41, 5.74) is 0.678. The molecule has 0 bridgehead atoms. The third-order valence-electron chi connectivity index (χ3n) is 5.04. The van der Waals surface area contributed by atoms with Gasteiger partial charge >= 0.3 is 0 Å². The highest BCUT2D eigenvalue weighted by Crippen LogP contribution is 2.31. The molecule has 36 heavy (non-hydrogen) atoms. The Hall–Kier alpha value is -2.99. The predicted molar refractivity (Wildman–Crippen MR) is 142 cm³/mol. The SMILES string of the molecule is COc1ccc(N(C(C)C(=O)Nc2ccc(S(=O)(=O)Nc3cccc(Cl)c3Cl)cc2)S(C)(=O)=O)cc1. The molecule has 0 saturated heterocycles. The number of methoxy groups -OCH3 is 1. The lowest BCUT2D eigenvalue weighted by Crippen LogP contribution is -2.45. The molecule has 192 valence electrons. The van der Waals surface area contributed by atoms with Crippen LogP contribution in [0.15, 0.2) is 71.6 Å². The van der Waals surface area contributed by atoms with Crippen molar-refractivity contribution in [2.24, 2.45) is 0 Å². The molecule has 3 rings (SSSR count). The lowest BCUT2D eigenvalue weighted by atomic mass is 10.2. The number of carbonyl (C=O) groups is 1. The fourth-order valence-corrected chi connectivity index (χ4v) is 5.94. The van der Waals surface area contributed by atoms with Crippen molar-refractivity contribution in [3.05, 3.63) is 76.8 Å². The first-order chi connectivity index (χ1) is 16.8. The molecule has 0 aliphatic heterocycles. The number of benzene rings is 3. The van der Waals surface area contributed by atoms with Crippen LogP contribution in [-0.2, 0) is 24.8 Å². The minimum Gasteiger partial charge on any atom is -0.497 e. The molecule has 0 heterocycles. The number of hydrogen-bond acceptors (Lipinski definition) is 6. The van der Waals surface area contributed by atoms with Crippen LogP contribution in [0.4, 0.5) is 17.1 Å². The highest BCUT2D eigenvalue weighted by Gasteiger charge is 2.29. The summed E-state index contributed by atoms with van der Waals surface area (Å²) in [5, 5.41) is 2.87. The fraction of sp³-hybridized carbons (Fsp3) is 0.174. The maximum absolute atomic E-state index is 12.9. The first kappa shape index (κ1) is 27.6. The number of rotatable bonds is 9. The summed E-state index contributed by atoms with van der Waals surface area (Å²) >= 11 is 12.0. The number of hydrogen-bond donors (Lipinski definition) is 2. The molecule has 1 unspecified atom stereocenters. The van der Waals surface area contributed by atoms with E-state index in [9.17, 15) is 21.6 Å². The summed E-state index contributed by atoms with van der Waals surface area (Å²) in [7, 11) is -6.32. The average molecular weight is 572 g/mol. The standard InChI is InChI=1S/C23H23Cl2N3O6S2/c1-15(28(35(3,30)31)17-9-11-18(34-2)12-10-17)23(29)26-16-7-13-19(14-8-16)36(32,33)27-21-6-4-5-20(24)22(21)25/h4-15,27H,1-3H3,(H,26,29). The van der Waals surface area contributed by atoms with Crippen molar-refractivity contribution in [1.82, 2.24) is 0 Å². The number of nitrogens with zero attached hydrogens (tertiary/aromatic N) is 1. The van der Waals surface area contributed by atoms with Crippen molar-refractivity contribution >= 4 is 66.2 Å². The molecule has 0 fully saturated rings. The Morgan fingerprint density at radius 2 is 1.56 bits per heavy atom. The van der Waals surface area contributed by atoms with Gasteiger partial charge in [-0.2, -0.15) is 0 Å². The van der Waals surface area contributed by atoms with E-state index in [0.717, 1.165) is 10.6 Å². The maximum Gasteiger partial charge on any atom is 0.261 e. The Kier molecular flexibility index (Phi) is 8.40. The molecule has 0 spiro atoms. The van der Waals surface area contributed by atoms with Gasteiger partial charge in [0.05, 0.1) is 39.7 Å². The van der Waals surface area contributed by atoms with Gasteiger partial charge in [0, 0.05) is 5.69 Å². The highest BCUT2D eigenvalue weighted by molar-refractivity contribution is 7.92. The summed E-state index contributed by atoms with van der Waals surface area (Å²) in [5.74, 6) is -0.0813. The first-order valence-corrected chi connectivity index (χ1v) is 14.4. The topological polar surface area (TPSA) is 122 Å². The molecule has 0 aliphatic rings. The van der Waals surface area contributed by atoms with Crippen LogP contribution in [0.5, 0.6) is 5.75 Å². The van der Waals surface area contributed by atoms with Crippen molar-refractivity contribution < 1.29 is 26.4 Å². The van der Waals surface area contributed by atoms with Crippen molar-refractivity contribution in [1.29, 1.82) is 0 Å². The van der Waals surface area contributed by atoms with Gasteiger partial charge in [-0.25, -0.2) is 16.8 Å². The molecule has 0 saturated carbocycles. The molecular formula is C23H23Cl2N3O6S2. The molecule has 0 radical (unpaired) electrons. The zero-order chi connectivity index (χ0) is 26.7. The Morgan fingerprint density at radius 3 is 2.11 bits per heavy atom. The van der Waals surface area contributed by atoms with Gasteiger partial charge in [0.2, 0.25) is 15.9 Å². The predicted octanol–water partition coefficient (Wildman–Crippen LogP) is 4.60. The van der Waals surface area contributed by atoms with Crippen molar-refractivity contribution in [2.75, 3.05) is 27.7 Å². The number of anilines is 3. The molecule has 2 N–H and O–H groups in total. The van der Waals surface area contributed by atoms with Crippen molar-refractivity contribution in [3.63, 3.8) is 0 Å². The molecule has 1 amide bonds. The van der Waals surface area contributed by atoms with Gasteiger partial charge in [0.15, 0.2) is 0 Å². The number of carbonyl (C=O) groups excluding carboxylic acids is 1. The molecule has 0 aliphatic carbocycles. The van der Waals surface area contributed by atoms with Crippen LogP contribution < -0.4 is 19.1 Å². The summed E-state index contributed by atoms with van der Waals surface area (Å²) in [4.78, 5) is 12.8. The Labute approximate surface area is 220 Å². The van der Waals surface area contributed by atoms with Crippen molar-refractivity contribution in [2.45, 2.75) is 17.9 Å². The highest BCUT2D eigenvalue weighted by atomic mass is 35.5. The molecular weight excluding hydrogens is 549 g/mol. The van der Waals surface area contributed by atoms with Crippen LogP contribution in [0.2, 0.25) is 10.0 Å². The van der Waals surface area contributed by atoms with Gasteiger partial charge in [0.1, 0.15) is 11.8 Å². The summed E-state index contributed by atoms with van der Waals surface area (Å²) in [6.07, 6.45) is 1.000. The van der Waals surface area contributed by atoms with E-state index in [2.05, 4.69) is 10.0 Å². The zero-order valence-electron chi connectivity index (χ0n) is 19.4. The second-order valence-electron chi connectivity index (χ2n) is 7.65. The fourth-order valence-electron chi connectivity index (χ4n) is 3.29. The quantitative estimate of drug-likeness (QED) is 0.387. The first-order valence-electron chi connectivity index (χ1n) is 10.3. The summed E-state index contributed by atoms with van der Waals surface area (Å²) in [6, 6.07) is 15.0. The Morgan fingerprint density at radius 1 is 0.944 bits per heavy atom. The van der Waals surface area contributed by atoms with Crippen LogP contribution >= 0.6 is 23.2 Å². The van der Waals surface area contributed by atoms with Crippen LogP contribution in [0.1, 0.15) is 6.92 Å². The van der Waals surface area contributed by atoms with Gasteiger partial charge in [0.25, 0.3) is 10.0 Å². The number of amides is 1. The van der Waals surface area contributed by atoms with Gasteiger partial charge < -0.3 is 10.1 Å². The van der Waals surface area contributed by atoms with Crippen LogP contribution in [0.25, 0.3) is 0 Å². The smallest absolute Gasteiger partial charge is 0.261 e. The van der Waals surface area contributed by atoms with Gasteiger partial charge in [-0.05, 0) is 67.6 Å². The molecule has 3 aromatic rings. The van der Waals surface area contributed by atoms with Crippen molar-refractivity contribution in [3.8, 4) is 5.75 Å². The molecule has 3 aromatic carbocycles. The normalized spacial score (nSPS) is 12.5. The minimum atomic E-state index is -3.99. The van der Waals surface area contributed by atoms with Gasteiger partial charge in [-0.15, -0.1) is 0 Å². The minimum absolute atomic E-state index is 0.0629. The van der Waals surface area contributed by atoms with Crippen LogP contribution in [0, 0.1) is 0 Å². The Bertz CT molecular complexity index is 1460. The number of nitrogens with one attached hydrogen (secondary N) is 2. The van der Waals surface area contributed by atoms with E-state index in [1.807, 2.05) is 0 Å². The van der Waals surface area contributed by atoms with E-state index in [1.165, 1.54) is 62.6 Å². The summed E-state index contributed by atoms with van der Waals surface area (Å²) in [6.45, 7) is 1.44.